The highest BCUT2D eigenvalue weighted by Gasteiger charge is 2.18. The fourth-order valence-electron chi connectivity index (χ4n) is 3.18. The summed E-state index contributed by atoms with van der Waals surface area (Å²) in [7, 11) is 0. The molecule has 0 aliphatic rings. The van der Waals surface area contributed by atoms with E-state index in [0.29, 0.717) is 23.1 Å². The van der Waals surface area contributed by atoms with Crippen LogP contribution in [0.25, 0.3) is 11.3 Å². The van der Waals surface area contributed by atoms with Gasteiger partial charge >= 0.3 is 0 Å². The van der Waals surface area contributed by atoms with Crippen LogP contribution in [-0.4, -0.2) is 9.55 Å². The summed E-state index contributed by atoms with van der Waals surface area (Å²) in [6.45, 7) is 0.369. The fourth-order valence-corrected chi connectivity index (χ4v) is 4.13. The normalized spacial score (nSPS) is 10.5. The smallest absolute Gasteiger partial charge is 0.273 e. The van der Waals surface area contributed by atoms with Crippen molar-refractivity contribution in [3.05, 3.63) is 118 Å². The molecule has 0 saturated carbocycles. The third-order valence-electron chi connectivity index (χ3n) is 4.69. The molecule has 0 saturated heterocycles. The van der Waals surface area contributed by atoms with Crippen LogP contribution in [0.4, 0.5) is 0 Å². The molecule has 3 aromatic carbocycles. The Hall–Kier alpha value is -3.62. The number of rotatable bonds is 6. The molecule has 0 bridgehead atoms. The Balaban J connectivity index is 1.82. The van der Waals surface area contributed by atoms with Gasteiger partial charge < -0.3 is 0 Å². The molecule has 1 aromatic heterocycles. The lowest BCUT2D eigenvalue weighted by Gasteiger charge is -2.15. The maximum Gasteiger partial charge on any atom is 0.273 e. The minimum atomic E-state index is -0.314. The van der Waals surface area contributed by atoms with Gasteiger partial charge in [0, 0.05) is 11.3 Å². The standard InChI is InChI=1S/C25H19N3OS/c26-16-22-23(21-14-8-3-9-15-21)27-25(30-18-20-12-6-2-7-13-20)28(24(22)29)17-19-10-4-1-5-11-19/h1-15H,17-18H2. The predicted molar refractivity (Wildman–Crippen MR) is 120 cm³/mol. The van der Waals surface area contributed by atoms with Gasteiger partial charge in [0.2, 0.25) is 0 Å². The third kappa shape index (κ3) is 4.35. The van der Waals surface area contributed by atoms with Crippen LogP contribution in [0.2, 0.25) is 0 Å². The van der Waals surface area contributed by atoms with Gasteiger partial charge in [0.25, 0.3) is 5.56 Å². The van der Waals surface area contributed by atoms with Crippen LogP contribution < -0.4 is 5.56 Å². The second-order valence-electron chi connectivity index (χ2n) is 6.75. The van der Waals surface area contributed by atoms with E-state index in [1.54, 1.807) is 4.57 Å². The number of thioether (sulfide) groups is 1. The summed E-state index contributed by atoms with van der Waals surface area (Å²) in [5, 5.41) is 10.3. The van der Waals surface area contributed by atoms with E-state index >= 15 is 0 Å². The summed E-state index contributed by atoms with van der Waals surface area (Å²) in [5.74, 6) is 0.683. The fraction of sp³-hybridized carbons (Fsp3) is 0.0800. The first-order chi connectivity index (χ1) is 14.8. The summed E-state index contributed by atoms with van der Waals surface area (Å²) >= 11 is 1.50. The zero-order valence-electron chi connectivity index (χ0n) is 16.2. The highest BCUT2D eigenvalue weighted by Crippen LogP contribution is 2.26. The zero-order chi connectivity index (χ0) is 20.8. The summed E-state index contributed by atoms with van der Waals surface area (Å²) in [4.78, 5) is 18.1. The summed E-state index contributed by atoms with van der Waals surface area (Å²) < 4.78 is 1.61. The van der Waals surface area contributed by atoms with Crippen LogP contribution in [0.5, 0.6) is 0 Å². The molecule has 0 aliphatic carbocycles. The van der Waals surface area contributed by atoms with E-state index in [2.05, 4.69) is 6.07 Å². The summed E-state index contributed by atoms with van der Waals surface area (Å²) in [5.41, 5.74) is 3.09. The monoisotopic (exact) mass is 409 g/mol. The van der Waals surface area contributed by atoms with Gasteiger partial charge in [-0.05, 0) is 11.1 Å². The topological polar surface area (TPSA) is 58.7 Å². The van der Waals surface area contributed by atoms with E-state index in [9.17, 15) is 10.1 Å². The minimum Gasteiger partial charge on any atom is -0.282 e. The zero-order valence-corrected chi connectivity index (χ0v) is 17.0. The van der Waals surface area contributed by atoms with Gasteiger partial charge in [-0.15, -0.1) is 0 Å². The lowest BCUT2D eigenvalue weighted by Crippen LogP contribution is -2.27. The lowest BCUT2D eigenvalue weighted by atomic mass is 10.1. The van der Waals surface area contributed by atoms with Crippen molar-refractivity contribution in [1.82, 2.24) is 9.55 Å². The van der Waals surface area contributed by atoms with Crippen LogP contribution in [-0.2, 0) is 12.3 Å². The molecule has 4 rings (SSSR count). The molecule has 5 heteroatoms. The molecule has 0 aliphatic heterocycles. The molecule has 4 nitrogen and oxygen atoms in total. The van der Waals surface area contributed by atoms with E-state index in [0.717, 1.165) is 16.7 Å². The second-order valence-corrected chi connectivity index (χ2v) is 7.69. The Kier molecular flexibility index (Phi) is 6.07. The van der Waals surface area contributed by atoms with Crippen LogP contribution >= 0.6 is 11.8 Å². The maximum atomic E-state index is 13.3. The van der Waals surface area contributed by atoms with Crippen molar-refractivity contribution in [1.29, 1.82) is 5.26 Å². The molecule has 0 spiro atoms. The van der Waals surface area contributed by atoms with Crippen molar-refractivity contribution in [3.8, 4) is 17.3 Å². The molecular formula is C25H19N3OS. The molecule has 0 radical (unpaired) electrons. The van der Waals surface area contributed by atoms with Crippen LogP contribution in [0.1, 0.15) is 16.7 Å². The van der Waals surface area contributed by atoms with Gasteiger partial charge in [-0.3, -0.25) is 9.36 Å². The van der Waals surface area contributed by atoms with Crippen molar-refractivity contribution < 1.29 is 0 Å². The molecule has 0 atom stereocenters. The van der Waals surface area contributed by atoms with Crippen LogP contribution in [0.15, 0.2) is 101 Å². The maximum absolute atomic E-state index is 13.3. The Labute approximate surface area is 179 Å². The highest BCUT2D eigenvalue weighted by atomic mass is 32.2. The van der Waals surface area contributed by atoms with Crippen molar-refractivity contribution in [2.75, 3.05) is 0 Å². The Morgan fingerprint density at radius 2 is 1.40 bits per heavy atom. The number of hydrogen-bond donors (Lipinski definition) is 0. The van der Waals surface area contributed by atoms with Gasteiger partial charge in [0.15, 0.2) is 5.16 Å². The van der Waals surface area contributed by atoms with Gasteiger partial charge in [0.1, 0.15) is 11.6 Å². The van der Waals surface area contributed by atoms with Crippen molar-refractivity contribution in [2.24, 2.45) is 0 Å². The highest BCUT2D eigenvalue weighted by molar-refractivity contribution is 7.98. The first kappa shape index (κ1) is 19.7. The van der Waals surface area contributed by atoms with Gasteiger partial charge in [0.05, 0.1) is 12.2 Å². The molecular weight excluding hydrogens is 390 g/mol. The molecule has 146 valence electrons. The first-order valence-electron chi connectivity index (χ1n) is 9.57. The Morgan fingerprint density at radius 1 is 0.833 bits per heavy atom. The van der Waals surface area contributed by atoms with Crippen molar-refractivity contribution in [2.45, 2.75) is 17.5 Å². The van der Waals surface area contributed by atoms with E-state index < -0.39 is 0 Å². The number of benzene rings is 3. The van der Waals surface area contributed by atoms with Crippen LogP contribution in [0, 0.1) is 11.3 Å². The van der Waals surface area contributed by atoms with Gasteiger partial charge in [-0.2, -0.15) is 5.26 Å². The SMILES string of the molecule is N#Cc1c(-c2ccccc2)nc(SCc2ccccc2)n(Cc2ccccc2)c1=O. The van der Waals surface area contributed by atoms with Crippen molar-refractivity contribution in [3.63, 3.8) is 0 Å². The van der Waals surface area contributed by atoms with E-state index in [1.165, 1.54) is 11.8 Å². The Bertz CT molecular complexity index is 1230. The van der Waals surface area contributed by atoms with Crippen molar-refractivity contribution >= 4 is 11.8 Å². The summed E-state index contributed by atoms with van der Waals surface area (Å²) in [6.07, 6.45) is 0. The lowest BCUT2D eigenvalue weighted by molar-refractivity contribution is 0.644. The summed E-state index contributed by atoms with van der Waals surface area (Å²) in [6, 6.07) is 31.3. The van der Waals surface area contributed by atoms with Gasteiger partial charge in [-0.1, -0.05) is 103 Å². The molecule has 0 N–H and O–H groups in total. The average Bonchev–Trinajstić information content (AvgIpc) is 2.81. The molecule has 4 aromatic rings. The molecule has 0 fully saturated rings. The van der Waals surface area contributed by atoms with E-state index in [-0.39, 0.29) is 11.1 Å². The van der Waals surface area contributed by atoms with E-state index in [1.807, 2.05) is 91.0 Å². The predicted octanol–water partition coefficient (Wildman–Crippen LogP) is 5.12. The second kappa shape index (κ2) is 9.25. The largest absolute Gasteiger partial charge is 0.282 e. The molecule has 0 amide bonds. The average molecular weight is 410 g/mol. The van der Waals surface area contributed by atoms with Gasteiger partial charge in [-0.25, -0.2) is 4.98 Å². The third-order valence-corrected chi connectivity index (χ3v) is 5.74. The number of nitrogens with zero attached hydrogens (tertiary/aromatic N) is 3. The molecule has 1 heterocycles. The first-order valence-corrected chi connectivity index (χ1v) is 10.6. The molecule has 0 unspecified atom stereocenters. The molecule has 30 heavy (non-hydrogen) atoms. The minimum absolute atomic E-state index is 0.0705. The number of nitriles is 1. The number of hydrogen-bond acceptors (Lipinski definition) is 4. The van der Waals surface area contributed by atoms with Crippen LogP contribution in [0.3, 0.4) is 0 Å². The van der Waals surface area contributed by atoms with E-state index in [4.69, 9.17) is 4.98 Å². The quantitative estimate of drug-likeness (QED) is 0.327. The Morgan fingerprint density at radius 3 is 2.00 bits per heavy atom. The number of aromatic nitrogens is 2.